The van der Waals surface area contributed by atoms with Gasteiger partial charge in [0, 0.05) is 24.2 Å². The van der Waals surface area contributed by atoms with Gasteiger partial charge in [-0.05, 0) is 23.8 Å². The van der Waals surface area contributed by atoms with Crippen molar-refractivity contribution in [3.8, 4) is 0 Å². The predicted octanol–water partition coefficient (Wildman–Crippen LogP) is 3.17. The van der Waals surface area contributed by atoms with Gasteiger partial charge in [0.05, 0.1) is 5.56 Å². The van der Waals surface area contributed by atoms with Gasteiger partial charge < -0.3 is 10.6 Å². The van der Waals surface area contributed by atoms with Gasteiger partial charge in [0.25, 0.3) is 0 Å². The van der Waals surface area contributed by atoms with Crippen molar-refractivity contribution in [2.45, 2.75) is 25.7 Å². The Labute approximate surface area is 114 Å². The molecule has 0 atom stereocenters. The predicted molar refractivity (Wildman–Crippen MR) is 82.0 cm³/mol. The van der Waals surface area contributed by atoms with Crippen LogP contribution in [-0.4, -0.2) is 25.7 Å². The van der Waals surface area contributed by atoms with Crippen molar-refractivity contribution in [1.29, 1.82) is 5.41 Å². The van der Waals surface area contributed by atoms with E-state index in [1.807, 2.05) is 24.5 Å². The molecule has 0 radical (unpaired) electrons. The fourth-order valence-electron chi connectivity index (χ4n) is 2.08. The van der Waals surface area contributed by atoms with Crippen LogP contribution in [0.15, 0.2) is 23.1 Å². The summed E-state index contributed by atoms with van der Waals surface area (Å²) in [5, 5.41) is 7.78. The van der Waals surface area contributed by atoms with Gasteiger partial charge in [-0.2, -0.15) is 0 Å². The van der Waals surface area contributed by atoms with Crippen LogP contribution < -0.4 is 10.6 Å². The molecule has 0 amide bonds. The Bertz CT molecular complexity index is 435. The molecule has 0 aliphatic heterocycles. The number of nitrogens with one attached hydrogen (secondary N) is 1. The van der Waals surface area contributed by atoms with Crippen LogP contribution in [0.25, 0.3) is 0 Å². The maximum Gasteiger partial charge on any atom is 0.126 e. The van der Waals surface area contributed by atoms with Gasteiger partial charge in [-0.25, -0.2) is 0 Å². The van der Waals surface area contributed by atoms with Gasteiger partial charge in [-0.1, -0.05) is 26.8 Å². The highest BCUT2D eigenvalue weighted by Crippen LogP contribution is 2.30. The zero-order chi connectivity index (χ0) is 13.9. The smallest absolute Gasteiger partial charge is 0.126 e. The summed E-state index contributed by atoms with van der Waals surface area (Å²) in [6, 6.07) is 6.06. The number of nitrogen functional groups attached to an aromatic ring is 1. The molecule has 0 aliphatic rings. The molecule has 0 saturated carbocycles. The van der Waals surface area contributed by atoms with Crippen molar-refractivity contribution in [1.82, 2.24) is 0 Å². The molecule has 4 heteroatoms. The summed E-state index contributed by atoms with van der Waals surface area (Å²) in [5.41, 5.74) is 7.82. The second-order valence-electron chi connectivity index (χ2n) is 5.68. The molecule has 0 heterocycles. The summed E-state index contributed by atoms with van der Waals surface area (Å²) in [4.78, 5) is 3.23. The zero-order valence-corrected chi connectivity index (χ0v) is 12.7. The molecule has 0 spiro atoms. The van der Waals surface area contributed by atoms with Crippen molar-refractivity contribution in [2.24, 2.45) is 11.1 Å². The van der Waals surface area contributed by atoms with E-state index < -0.39 is 0 Å². The summed E-state index contributed by atoms with van der Waals surface area (Å²) in [6.07, 6.45) is 2.01. The molecule has 3 nitrogen and oxygen atoms in total. The highest BCUT2D eigenvalue weighted by atomic mass is 32.2. The Balaban J connectivity index is 3.19. The van der Waals surface area contributed by atoms with Crippen LogP contribution in [0, 0.1) is 10.8 Å². The van der Waals surface area contributed by atoms with Crippen molar-refractivity contribution in [3.63, 3.8) is 0 Å². The third-order valence-electron chi connectivity index (χ3n) is 2.62. The highest BCUT2D eigenvalue weighted by molar-refractivity contribution is 7.98. The number of thioether (sulfide) groups is 1. The van der Waals surface area contributed by atoms with E-state index in [-0.39, 0.29) is 11.3 Å². The number of benzene rings is 1. The minimum absolute atomic E-state index is 0.135. The van der Waals surface area contributed by atoms with Gasteiger partial charge in [0.1, 0.15) is 5.84 Å². The Morgan fingerprint density at radius 3 is 2.44 bits per heavy atom. The van der Waals surface area contributed by atoms with Crippen LogP contribution in [0.2, 0.25) is 0 Å². The van der Waals surface area contributed by atoms with Gasteiger partial charge in [-0.3, -0.25) is 5.41 Å². The second kappa shape index (κ2) is 5.65. The third-order valence-corrected chi connectivity index (χ3v) is 3.40. The third kappa shape index (κ3) is 3.67. The first-order chi connectivity index (χ1) is 8.26. The average molecular weight is 265 g/mol. The fourth-order valence-corrected chi connectivity index (χ4v) is 2.71. The van der Waals surface area contributed by atoms with Gasteiger partial charge in [0.2, 0.25) is 0 Å². The normalized spacial score (nSPS) is 11.4. The van der Waals surface area contributed by atoms with E-state index in [2.05, 4.69) is 32.7 Å². The Morgan fingerprint density at radius 1 is 1.39 bits per heavy atom. The van der Waals surface area contributed by atoms with Crippen molar-refractivity contribution in [3.05, 3.63) is 23.8 Å². The first-order valence-corrected chi connectivity index (χ1v) is 7.21. The number of amidine groups is 1. The molecule has 1 aromatic carbocycles. The summed E-state index contributed by atoms with van der Waals surface area (Å²) < 4.78 is 0. The summed E-state index contributed by atoms with van der Waals surface area (Å²) in [7, 11) is 2.05. The molecule has 0 bridgehead atoms. The second-order valence-corrected chi connectivity index (χ2v) is 6.53. The quantitative estimate of drug-likeness (QED) is 0.499. The maximum absolute atomic E-state index is 7.78. The zero-order valence-electron chi connectivity index (χ0n) is 11.9. The number of hydrogen-bond acceptors (Lipinski definition) is 3. The lowest BCUT2D eigenvalue weighted by Gasteiger charge is -2.30. The molecule has 0 unspecified atom stereocenters. The molecule has 0 aromatic heterocycles. The number of nitrogens with two attached hydrogens (primary N) is 1. The summed E-state index contributed by atoms with van der Waals surface area (Å²) in [6.45, 7) is 7.53. The Morgan fingerprint density at radius 2 is 2.00 bits per heavy atom. The Kier molecular flexibility index (Phi) is 4.68. The number of hydrogen-bond donors (Lipinski definition) is 2. The lowest BCUT2D eigenvalue weighted by atomic mass is 9.95. The first kappa shape index (κ1) is 14.9. The molecular weight excluding hydrogens is 242 g/mol. The number of rotatable bonds is 4. The topological polar surface area (TPSA) is 53.1 Å². The maximum atomic E-state index is 7.78. The average Bonchev–Trinajstić information content (AvgIpc) is 2.25. The lowest BCUT2D eigenvalue weighted by Crippen LogP contribution is -2.31. The minimum Gasteiger partial charge on any atom is -0.384 e. The van der Waals surface area contributed by atoms with E-state index in [0.29, 0.717) is 0 Å². The summed E-state index contributed by atoms with van der Waals surface area (Å²) in [5.74, 6) is 0.135. The van der Waals surface area contributed by atoms with Crippen LogP contribution in [0.3, 0.4) is 0 Å². The van der Waals surface area contributed by atoms with Crippen LogP contribution in [0.5, 0.6) is 0 Å². The van der Waals surface area contributed by atoms with Crippen LogP contribution in [0.4, 0.5) is 5.69 Å². The molecule has 100 valence electrons. The van der Waals surface area contributed by atoms with Crippen LogP contribution in [-0.2, 0) is 0 Å². The van der Waals surface area contributed by atoms with Crippen molar-refractivity contribution in [2.75, 3.05) is 24.7 Å². The monoisotopic (exact) mass is 265 g/mol. The van der Waals surface area contributed by atoms with E-state index in [4.69, 9.17) is 11.1 Å². The van der Waals surface area contributed by atoms with Gasteiger partial charge in [-0.15, -0.1) is 11.8 Å². The molecule has 3 N–H and O–H groups in total. The molecule has 1 aromatic rings. The summed E-state index contributed by atoms with van der Waals surface area (Å²) >= 11 is 1.63. The largest absolute Gasteiger partial charge is 0.384 e. The molecule has 0 fully saturated rings. The number of nitrogens with zero attached hydrogens (tertiary/aromatic N) is 1. The van der Waals surface area contributed by atoms with Crippen LogP contribution >= 0.6 is 11.8 Å². The van der Waals surface area contributed by atoms with Gasteiger partial charge in [0.15, 0.2) is 0 Å². The fraction of sp³-hybridized carbons (Fsp3) is 0.500. The molecule has 0 aliphatic carbocycles. The van der Waals surface area contributed by atoms with E-state index in [1.54, 1.807) is 11.8 Å². The van der Waals surface area contributed by atoms with E-state index in [0.717, 1.165) is 22.7 Å². The van der Waals surface area contributed by atoms with E-state index in [9.17, 15) is 0 Å². The first-order valence-electron chi connectivity index (χ1n) is 5.99. The standard InChI is InChI=1S/C14H23N3S/c1-14(2,3)9-17(4)10-7-6-8-11(18-5)12(10)13(15)16/h6-8H,9H2,1-5H3,(H3,15,16). The molecular formula is C14H23N3S. The molecule has 1 rings (SSSR count). The van der Waals surface area contributed by atoms with Crippen molar-refractivity contribution >= 4 is 23.3 Å². The van der Waals surface area contributed by atoms with Gasteiger partial charge >= 0.3 is 0 Å². The van der Waals surface area contributed by atoms with Crippen LogP contribution in [0.1, 0.15) is 26.3 Å². The SMILES string of the molecule is CSc1cccc(N(C)CC(C)(C)C)c1C(=N)N. The number of anilines is 1. The minimum atomic E-state index is 0.135. The molecule has 18 heavy (non-hydrogen) atoms. The van der Waals surface area contributed by atoms with Crippen molar-refractivity contribution < 1.29 is 0 Å². The molecule has 0 saturated heterocycles. The Hall–Kier alpha value is -1.16. The van der Waals surface area contributed by atoms with E-state index >= 15 is 0 Å². The highest BCUT2D eigenvalue weighted by Gasteiger charge is 2.18. The van der Waals surface area contributed by atoms with E-state index in [1.165, 1.54) is 0 Å². The lowest BCUT2D eigenvalue weighted by molar-refractivity contribution is 0.419.